The number of sulfonamides is 1. The summed E-state index contributed by atoms with van der Waals surface area (Å²) in [5.41, 5.74) is 0.902. The van der Waals surface area contributed by atoms with Gasteiger partial charge in [-0.25, -0.2) is 8.42 Å². The number of hydrogen-bond donors (Lipinski definition) is 1. The van der Waals surface area contributed by atoms with Crippen molar-refractivity contribution >= 4 is 38.9 Å². The molecule has 0 saturated carbocycles. The molecule has 1 aromatic carbocycles. The van der Waals surface area contributed by atoms with E-state index in [0.717, 1.165) is 10.4 Å². The van der Waals surface area contributed by atoms with Crippen molar-refractivity contribution in [2.45, 2.75) is 12.5 Å². The van der Waals surface area contributed by atoms with E-state index in [0.29, 0.717) is 18.0 Å². The quantitative estimate of drug-likeness (QED) is 0.861. The molecule has 1 aliphatic rings. The highest BCUT2D eigenvalue weighted by Crippen LogP contribution is 2.27. The Morgan fingerprint density at radius 2 is 2.04 bits per heavy atom. The van der Waals surface area contributed by atoms with E-state index in [1.807, 2.05) is 29.6 Å². The van der Waals surface area contributed by atoms with Crippen LogP contribution in [-0.2, 0) is 14.8 Å². The largest absolute Gasteiger partial charge is 0.343 e. The number of halogens is 1. The fourth-order valence-corrected chi connectivity index (χ4v) is 5.07. The van der Waals surface area contributed by atoms with Crippen LogP contribution in [0.5, 0.6) is 0 Å². The first-order valence-electron chi connectivity index (χ1n) is 7.52. The van der Waals surface area contributed by atoms with E-state index in [4.69, 9.17) is 11.6 Å². The maximum absolute atomic E-state index is 12.4. The molecule has 1 saturated heterocycles. The lowest BCUT2D eigenvalue weighted by Crippen LogP contribution is -2.39. The number of nitrogens with one attached hydrogen (secondary N) is 1. The third kappa shape index (κ3) is 3.97. The first-order chi connectivity index (χ1) is 11.5. The Hall–Kier alpha value is -1.41. The SMILES string of the molecule is O=C(CN1CCCS1(=O)=O)NC(c1ccc(Cl)cc1)c1cccs1. The molecule has 5 nitrogen and oxygen atoms in total. The summed E-state index contributed by atoms with van der Waals surface area (Å²) in [6.45, 7) is 0.262. The van der Waals surface area contributed by atoms with Crippen LogP contribution in [0.4, 0.5) is 0 Å². The molecule has 1 aromatic heterocycles. The summed E-state index contributed by atoms with van der Waals surface area (Å²) in [7, 11) is -3.28. The maximum Gasteiger partial charge on any atom is 0.236 e. The lowest BCUT2D eigenvalue weighted by Gasteiger charge is -2.20. The van der Waals surface area contributed by atoms with Gasteiger partial charge in [-0.2, -0.15) is 4.31 Å². The number of rotatable bonds is 5. The molecule has 3 rings (SSSR count). The van der Waals surface area contributed by atoms with E-state index in [-0.39, 0.29) is 24.2 Å². The van der Waals surface area contributed by atoms with Gasteiger partial charge in [0.2, 0.25) is 15.9 Å². The fraction of sp³-hybridized carbons (Fsp3) is 0.312. The van der Waals surface area contributed by atoms with Gasteiger partial charge in [-0.15, -0.1) is 11.3 Å². The Balaban J connectivity index is 1.77. The van der Waals surface area contributed by atoms with Crippen LogP contribution in [0.1, 0.15) is 22.9 Å². The Bertz CT molecular complexity index is 804. The fourth-order valence-electron chi connectivity index (χ4n) is 2.67. The van der Waals surface area contributed by atoms with Crippen molar-refractivity contribution in [3.8, 4) is 0 Å². The van der Waals surface area contributed by atoms with Crippen LogP contribution in [0.3, 0.4) is 0 Å². The number of hydrogen-bond acceptors (Lipinski definition) is 4. The molecule has 1 N–H and O–H groups in total. The van der Waals surface area contributed by atoms with Crippen molar-refractivity contribution in [2.75, 3.05) is 18.8 Å². The zero-order valence-electron chi connectivity index (χ0n) is 12.8. The van der Waals surface area contributed by atoms with Gasteiger partial charge in [0.05, 0.1) is 18.3 Å². The van der Waals surface area contributed by atoms with Crippen molar-refractivity contribution in [1.82, 2.24) is 9.62 Å². The Morgan fingerprint density at radius 3 is 2.62 bits per heavy atom. The first-order valence-corrected chi connectivity index (χ1v) is 10.4. The number of amides is 1. The van der Waals surface area contributed by atoms with Gasteiger partial charge in [0.15, 0.2) is 0 Å². The van der Waals surface area contributed by atoms with Crippen molar-refractivity contribution < 1.29 is 13.2 Å². The average molecular weight is 385 g/mol. The third-order valence-corrected chi connectivity index (χ3v) is 6.95. The molecule has 1 atom stereocenters. The topological polar surface area (TPSA) is 66.5 Å². The minimum Gasteiger partial charge on any atom is -0.343 e. The molecule has 1 fully saturated rings. The standard InChI is InChI=1S/C16H17ClN2O3S2/c17-13-6-4-12(5-7-13)16(14-3-1-9-23-14)18-15(20)11-19-8-2-10-24(19,21)22/h1,3-7,9,16H,2,8,10-11H2,(H,18,20). The van der Waals surface area contributed by atoms with Gasteiger partial charge in [-0.05, 0) is 35.6 Å². The highest BCUT2D eigenvalue weighted by Gasteiger charge is 2.30. The van der Waals surface area contributed by atoms with E-state index in [2.05, 4.69) is 5.32 Å². The zero-order valence-corrected chi connectivity index (χ0v) is 15.2. The molecule has 0 aliphatic carbocycles. The van der Waals surface area contributed by atoms with Crippen molar-refractivity contribution in [2.24, 2.45) is 0 Å². The number of nitrogens with zero attached hydrogens (tertiary/aromatic N) is 1. The summed E-state index contributed by atoms with van der Waals surface area (Å²) in [6, 6.07) is 10.8. The van der Waals surface area contributed by atoms with Crippen LogP contribution in [0.25, 0.3) is 0 Å². The highest BCUT2D eigenvalue weighted by atomic mass is 35.5. The maximum atomic E-state index is 12.4. The van der Waals surface area contributed by atoms with E-state index in [1.54, 1.807) is 12.1 Å². The molecule has 1 aliphatic heterocycles. The smallest absolute Gasteiger partial charge is 0.236 e. The predicted molar refractivity (Wildman–Crippen MR) is 95.7 cm³/mol. The number of benzene rings is 1. The van der Waals surface area contributed by atoms with Gasteiger partial charge in [-0.1, -0.05) is 29.8 Å². The van der Waals surface area contributed by atoms with Crippen LogP contribution in [0, 0.1) is 0 Å². The van der Waals surface area contributed by atoms with Crippen LogP contribution < -0.4 is 5.32 Å². The molecule has 1 unspecified atom stereocenters. The molecule has 2 aromatic rings. The molecular weight excluding hydrogens is 368 g/mol. The molecule has 0 radical (unpaired) electrons. The molecule has 8 heteroatoms. The van der Waals surface area contributed by atoms with E-state index in [9.17, 15) is 13.2 Å². The molecule has 128 valence electrons. The summed E-state index contributed by atoms with van der Waals surface area (Å²) in [6.07, 6.45) is 0.571. The van der Waals surface area contributed by atoms with Crippen molar-refractivity contribution in [1.29, 1.82) is 0 Å². The molecule has 24 heavy (non-hydrogen) atoms. The van der Waals surface area contributed by atoms with Crippen LogP contribution >= 0.6 is 22.9 Å². The van der Waals surface area contributed by atoms with Crippen LogP contribution in [0.2, 0.25) is 5.02 Å². The van der Waals surface area contributed by atoms with Crippen LogP contribution in [0.15, 0.2) is 41.8 Å². The zero-order chi connectivity index (χ0) is 17.2. The second kappa shape index (κ2) is 7.23. The third-order valence-electron chi connectivity index (χ3n) is 3.86. The van der Waals surface area contributed by atoms with E-state index >= 15 is 0 Å². The number of carbonyl (C=O) groups excluding carboxylic acids is 1. The van der Waals surface area contributed by atoms with Crippen molar-refractivity contribution in [3.05, 3.63) is 57.2 Å². The normalized spacial score (nSPS) is 18.4. The molecule has 2 heterocycles. The molecular formula is C16H17ClN2O3S2. The molecule has 0 bridgehead atoms. The predicted octanol–water partition coefficient (Wildman–Crippen LogP) is 2.64. The van der Waals surface area contributed by atoms with Gasteiger partial charge < -0.3 is 5.32 Å². The van der Waals surface area contributed by atoms with Gasteiger partial charge in [0.1, 0.15) is 0 Å². The average Bonchev–Trinajstić information content (AvgIpc) is 3.16. The van der Waals surface area contributed by atoms with Gasteiger partial charge >= 0.3 is 0 Å². The number of carbonyl (C=O) groups is 1. The molecule has 0 spiro atoms. The first kappa shape index (κ1) is 17.4. The highest BCUT2D eigenvalue weighted by molar-refractivity contribution is 7.89. The van der Waals surface area contributed by atoms with Crippen LogP contribution in [-0.4, -0.2) is 37.5 Å². The second-order valence-electron chi connectivity index (χ2n) is 5.57. The Labute approximate surface area is 150 Å². The summed E-state index contributed by atoms with van der Waals surface area (Å²) >= 11 is 7.47. The summed E-state index contributed by atoms with van der Waals surface area (Å²) in [5, 5.41) is 5.51. The lowest BCUT2D eigenvalue weighted by atomic mass is 10.1. The summed E-state index contributed by atoms with van der Waals surface area (Å²) in [5.74, 6) is -0.194. The van der Waals surface area contributed by atoms with Gasteiger partial charge in [-0.3, -0.25) is 4.79 Å². The van der Waals surface area contributed by atoms with E-state index in [1.165, 1.54) is 15.6 Å². The van der Waals surface area contributed by atoms with Gasteiger partial charge in [0.25, 0.3) is 0 Å². The number of thiophene rings is 1. The summed E-state index contributed by atoms with van der Waals surface area (Å²) < 4.78 is 25.0. The summed E-state index contributed by atoms with van der Waals surface area (Å²) in [4.78, 5) is 13.4. The lowest BCUT2D eigenvalue weighted by molar-refractivity contribution is -0.121. The van der Waals surface area contributed by atoms with Gasteiger partial charge in [0, 0.05) is 16.4 Å². The Kier molecular flexibility index (Phi) is 5.24. The van der Waals surface area contributed by atoms with E-state index < -0.39 is 10.0 Å². The Morgan fingerprint density at radius 1 is 1.29 bits per heavy atom. The molecule has 1 amide bonds. The minimum absolute atomic E-state index is 0.117. The second-order valence-corrected chi connectivity index (χ2v) is 9.07. The minimum atomic E-state index is -3.28. The van der Waals surface area contributed by atoms with Crippen molar-refractivity contribution in [3.63, 3.8) is 0 Å². The monoisotopic (exact) mass is 384 g/mol.